The molecule has 50 heavy (non-hydrogen) atoms. The lowest BCUT2D eigenvalue weighted by molar-refractivity contribution is -0.161. The Labute approximate surface area is 316 Å². The third kappa shape index (κ3) is 22.3. The summed E-state index contributed by atoms with van der Waals surface area (Å²) in [5.41, 5.74) is 0. The molecular weight excluding hydrogens is 657 g/mol. The first-order valence-corrected chi connectivity index (χ1v) is 25.2. The highest BCUT2D eigenvalue weighted by atomic mass is 32.2. The summed E-state index contributed by atoms with van der Waals surface area (Å²) < 4.78 is 11.9. The van der Waals surface area contributed by atoms with Gasteiger partial charge >= 0.3 is 11.9 Å². The van der Waals surface area contributed by atoms with E-state index in [0.29, 0.717) is 26.1 Å². The monoisotopic (exact) mass is 739 g/mol. The molecule has 0 N–H and O–H groups in total. The molecule has 0 radical (unpaired) electrons. The molecule has 1 rings (SSSR count). The van der Waals surface area contributed by atoms with Crippen LogP contribution in [0.15, 0.2) is 10.1 Å². The molecule has 8 heteroatoms. The SMILES string of the molecule is CCCCCCCCOC(=O)[C@@H]1CC(SCCCCCCN(C)C)=C([Si](C)(C)CCCCCCCC)C[C@H]1C(=O)OCCCCCCN(C)C. The molecule has 0 heterocycles. The maximum absolute atomic E-state index is 13.9. The molecule has 0 aliphatic heterocycles. The van der Waals surface area contributed by atoms with E-state index in [4.69, 9.17) is 9.47 Å². The van der Waals surface area contributed by atoms with Crippen LogP contribution in [-0.2, 0) is 19.1 Å². The van der Waals surface area contributed by atoms with E-state index in [1.165, 1.54) is 112 Å². The van der Waals surface area contributed by atoms with Crippen molar-refractivity contribution in [1.82, 2.24) is 9.80 Å². The number of esters is 2. The predicted molar refractivity (Wildman–Crippen MR) is 221 cm³/mol. The van der Waals surface area contributed by atoms with Gasteiger partial charge in [0.1, 0.15) is 0 Å². The molecule has 0 bridgehead atoms. The normalized spacial score (nSPS) is 16.8. The Morgan fingerprint density at radius 2 is 1.02 bits per heavy atom. The van der Waals surface area contributed by atoms with Gasteiger partial charge in [0.25, 0.3) is 0 Å². The molecule has 1 aliphatic carbocycles. The maximum Gasteiger partial charge on any atom is 0.310 e. The zero-order chi connectivity index (χ0) is 37.0. The Kier molecular flexibility index (Phi) is 27.9. The second-order valence-corrected chi connectivity index (χ2v) is 22.4. The van der Waals surface area contributed by atoms with Gasteiger partial charge in [-0.05, 0) is 96.9 Å². The van der Waals surface area contributed by atoms with E-state index in [1.54, 1.807) is 0 Å². The Hall–Kier alpha value is -0.833. The van der Waals surface area contributed by atoms with Gasteiger partial charge in [-0.25, -0.2) is 0 Å². The van der Waals surface area contributed by atoms with Crippen LogP contribution in [0, 0.1) is 11.8 Å². The minimum absolute atomic E-state index is 0.174. The minimum Gasteiger partial charge on any atom is -0.465 e. The number of hydrogen-bond acceptors (Lipinski definition) is 7. The second kappa shape index (κ2) is 29.6. The van der Waals surface area contributed by atoms with Gasteiger partial charge in [-0.1, -0.05) is 134 Å². The fourth-order valence-electron chi connectivity index (χ4n) is 7.14. The van der Waals surface area contributed by atoms with Crippen LogP contribution in [0.2, 0.25) is 19.1 Å². The number of hydrogen-bond donors (Lipinski definition) is 0. The standard InChI is InChI=1S/C42H82N2O4SSi/c1-9-11-13-15-19-25-31-47-41(45)37-35-39(49-33-27-21-18-24-30-44(5)6)40(50(7,8)34-28-22-16-14-12-10-2)36-38(37)42(46)48-32-26-20-17-23-29-43(3)4/h37-38H,9-36H2,1-8H3/t37-,38-/m1/s1. The second-order valence-electron chi connectivity index (χ2n) is 16.3. The van der Waals surface area contributed by atoms with Gasteiger partial charge in [-0.2, -0.15) is 0 Å². The Balaban J connectivity index is 3.08. The quantitative estimate of drug-likeness (QED) is 0.0387. The lowest BCUT2D eigenvalue weighted by Crippen LogP contribution is -2.41. The smallest absolute Gasteiger partial charge is 0.310 e. The molecule has 0 aromatic heterocycles. The van der Waals surface area contributed by atoms with Crippen LogP contribution in [0.25, 0.3) is 0 Å². The molecule has 0 aromatic carbocycles. The molecule has 2 atom stereocenters. The number of unbranched alkanes of at least 4 members (excludes halogenated alkanes) is 16. The summed E-state index contributed by atoms with van der Waals surface area (Å²) in [4.78, 5) is 33.6. The van der Waals surface area contributed by atoms with E-state index in [2.05, 4.69) is 64.9 Å². The summed E-state index contributed by atoms with van der Waals surface area (Å²) in [5, 5.41) is 1.54. The Bertz CT molecular complexity index is 910. The van der Waals surface area contributed by atoms with Crippen molar-refractivity contribution in [2.45, 2.75) is 174 Å². The van der Waals surface area contributed by atoms with Gasteiger partial charge in [0.2, 0.25) is 0 Å². The first kappa shape index (κ1) is 47.2. The van der Waals surface area contributed by atoms with Gasteiger partial charge < -0.3 is 19.3 Å². The average Bonchev–Trinajstić information content (AvgIpc) is 3.07. The van der Waals surface area contributed by atoms with Crippen molar-refractivity contribution in [3.8, 4) is 0 Å². The average molecular weight is 739 g/mol. The molecule has 0 unspecified atom stereocenters. The van der Waals surface area contributed by atoms with Crippen LogP contribution in [0.5, 0.6) is 0 Å². The highest BCUT2D eigenvalue weighted by Gasteiger charge is 2.44. The summed E-state index contributed by atoms with van der Waals surface area (Å²) in [6.45, 7) is 12.7. The number of carbonyl (C=O) groups excluding carboxylic acids is 2. The third-order valence-corrected chi connectivity index (χ3v) is 15.7. The number of ether oxygens (including phenoxy) is 2. The minimum atomic E-state index is -1.80. The van der Waals surface area contributed by atoms with Gasteiger partial charge in [0.05, 0.1) is 33.1 Å². The van der Waals surface area contributed by atoms with E-state index in [-0.39, 0.29) is 11.9 Å². The van der Waals surface area contributed by atoms with Crippen LogP contribution in [-0.4, -0.2) is 90.1 Å². The zero-order valence-corrected chi connectivity index (χ0v) is 36.2. The number of thioether (sulfide) groups is 1. The Morgan fingerprint density at radius 3 is 1.52 bits per heavy atom. The van der Waals surface area contributed by atoms with Crippen molar-refractivity contribution in [2.75, 3.05) is 60.2 Å². The van der Waals surface area contributed by atoms with Gasteiger partial charge in [-0.15, -0.1) is 11.8 Å². The summed E-state index contributed by atoms with van der Waals surface area (Å²) in [6.07, 6.45) is 25.3. The first-order chi connectivity index (χ1) is 24.0. The van der Waals surface area contributed by atoms with E-state index in [0.717, 1.165) is 50.9 Å². The fourth-order valence-corrected chi connectivity index (χ4v) is 12.4. The summed E-state index contributed by atoms with van der Waals surface area (Å²) in [7, 11) is 6.72. The molecular formula is C42H82N2O4SSi. The summed E-state index contributed by atoms with van der Waals surface area (Å²) in [5.74, 6) is -0.132. The van der Waals surface area contributed by atoms with E-state index < -0.39 is 19.9 Å². The number of allylic oxidation sites excluding steroid dienone is 2. The highest BCUT2D eigenvalue weighted by molar-refractivity contribution is 8.03. The molecule has 6 nitrogen and oxygen atoms in total. The van der Waals surface area contributed by atoms with Crippen LogP contribution in [0.4, 0.5) is 0 Å². The summed E-state index contributed by atoms with van der Waals surface area (Å²) >= 11 is 1.99. The lowest BCUT2D eigenvalue weighted by Gasteiger charge is -2.38. The van der Waals surface area contributed by atoms with Gasteiger partial charge in [0, 0.05) is 0 Å². The molecule has 0 amide bonds. The fraction of sp³-hybridized carbons (Fsp3) is 0.905. The largest absolute Gasteiger partial charge is 0.465 e. The first-order valence-electron chi connectivity index (χ1n) is 21.0. The van der Waals surface area contributed by atoms with Crippen molar-refractivity contribution in [3.63, 3.8) is 0 Å². The van der Waals surface area contributed by atoms with Crippen molar-refractivity contribution in [1.29, 1.82) is 0 Å². The maximum atomic E-state index is 13.9. The molecule has 0 saturated carbocycles. The van der Waals surface area contributed by atoms with Crippen molar-refractivity contribution in [3.05, 3.63) is 10.1 Å². The van der Waals surface area contributed by atoms with Crippen molar-refractivity contribution < 1.29 is 19.1 Å². The Morgan fingerprint density at radius 1 is 0.600 bits per heavy atom. The van der Waals surface area contributed by atoms with Gasteiger partial charge in [-0.3, -0.25) is 9.59 Å². The molecule has 1 aliphatic rings. The molecule has 0 saturated heterocycles. The molecule has 294 valence electrons. The van der Waals surface area contributed by atoms with Crippen LogP contribution in [0.1, 0.15) is 155 Å². The van der Waals surface area contributed by atoms with E-state index in [1.807, 2.05) is 11.8 Å². The van der Waals surface area contributed by atoms with E-state index in [9.17, 15) is 9.59 Å². The number of rotatable bonds is 32. The number of nitrogens with zero attached hydrogens (tertiary/aromatic N) is 2. The van der Waals surface area contributed by atoms with Crippen LogP contribution >= 0.6 is 11.8 Å². The van der Waals surface area contributed by atoms with Crippen molar-refractivity contribution in [2.24, 2.45) is 11.8 Å². The highest BCUT2D eigenvalue weighted by Crippen LogP contribution is 2.45. The van der Waals surface area contributed by atoms with E-state index >= 15 is 0 Å². The topological polar surface area (TPSA) is 59.1 Å². The molecule has 0 fully saturated rings. The lowest BCUT2D eigenvalue weighted by atomic mass is 9.82. The third-order valence-electron chi connectivity index (χ3n) is 10.5. The zero-order valence-electron chi connectivity index (χ0n) is 34.4. The molecule has 0 aromatic rings. The summed E-state index contributed by atoms with van der Waals surface area (Å²) in [6, 6.07) is 1.25. The van der Waals surface area contributed by atoms with Crippen LogP contribution in [0.3, 0.4) is 0 Å². The molecule has 0 spiro atoms. The number of carbonyl (C=O) groups is 2. The predicted octanol–water partition coefficient (Wildman–Crippen LogP) is 11.3. The van der Waals surface area contributed by atoms with Crippen molar-refractivity contribution >= 4 is 31.8 Å². The van der Waals surface area contributed by atoms with Crippen LogP contribution < -0.4 is 0 Å². The van der Waals surface area contributed by atoms with Gasteiger partial charge in [0.15, 0.2) is 0 Å².